The number of nitrogens with two attached hydrogens (primary N) is 1. The zero-order valence-electron chi connectivity index (χ0n) is 11.1. The van der Waals surface area contributed by atoms with Crippen LogP contribution in [-0.4, -0.2) is 38.1 Å². The molecule has 0 heterocycles. The van der Waals surface area contributed by atoms with E-state index in [1.807, 2.05) is 49.5 Å². The molecule has 0 spiro atoms. The molecule has 1 rings (SSSR count). The maximum Gasteiger partial charge on any atom is 0.241 e. The first-order valence-electron chi connectivity index (χ1n) is 5.88. The SMILES string of the molecule is CSCC[C@@H](N)C(=O)Nc1ccccc1N(C)C. The second-order valence-corrected chi connectivity index (χ2v) is 5.27. The number of para-hydroxylation sites is 2. The Morgan fingerprint density at radius 2 is 2.11 bits per heavy atom. The topological polar surface area (TPSA) is 58.4 Å². The van der Waals surface area contributed by atoms with Crippen molar-refractivity contribution in [2.45, 2.75) is 12.5 Å². The van der Waals surface area contributed by atoms with Crippen molar-refractivity contribution in [1.29, 1.82) is 0 Å². The van der Waals surface area contributed by atoms with E-state index >= 15 is 0 Å². The van der Waals surface area contributed by atoms with Crippen molar-refractivity contribution in [3.05, 3.63) is 24.3 Å². The standard InChI is InChI=1S/C13H21N3OS/c1-16(2)12-7-5-4-6-11(12)15-13(17)10(14)8-9-18-3/h4-7,10H,8-9,14H2,1-3H3,(H,15,17)/t10-/m1/s1. The van der Waals surface area contributed by atoms with Gasteiger partial charge < -0.3 is 16.0 Å². The van der Waals surface area contributed by atoms with E-state index in [4.69, 9.17) is 5.73 Å². The van der Waals surface area contributed by atoms with Crippen LogP contribution in [0.15, 0.2) is 24.3 Å². The fourth-order valence-corrected chi connectivity index (χ4v) is 2.06. The normalized spacial score (nSPS) is 12.0. The van der Waals surface area contributed by atoms with E-state index in [1.165, 1.54) is 0 Å². The summed E-state index contributed by atoms with van der Waals surface area (Å²) in [6, 6.07) is 7.24. The summed E-state index contributed by atoms with van der Waals surface area (Å²) >= 11 is 1.69. The summed E-state index contributed by atoms with van der Waals surface area (Å²) in [5.74, 6) is 0.766. The molecule has 18 heavy (non-hydrogen) atoms. The molecule has 0 saturated heterocycles. The number of hydrogen-bond donors (Lipinski definition) is 2. The van der Waals surface area contributed by atoms with Crippen molar-refractivity contribution in [2.24, 2.45) is 5.73 Å². The molecular formula is C13H21N3OS. The molecule has 0 saturated carbocycles. The van der Waals surface area contributed by atoms with Crippen molar-refractivity contribution in [3.63, 3.8) is 0 Å². The lowest BCUT2D eigenvalue weighted by atomic mass is 10.2. The summed E-state index contributed by atoms with van der Waals surface area (Å²) in [7, 11) is 3.89. The second kappa shape index (κ2) is 7.28. The van der Waals surface area contributed by atoms with Crippen LogP contribution in [0.1, 0.15) is 6.42 Å². The van der Waals surface area contributed by atoms with E-state index in [9.17, 15) is 4.79 Å². The number of carbonyl (C=O) groups is 1. The van der Waals surface area contributed by atoms with E-state index in [2.05, 4.69) is 5.32 Å². The fraction of sp³-hybridized carbons (Fsp3) is 0.462. The predicted molar refractivity (Wildman–Crippen MR) is 80.4 cm³/mol. The highest BCUT2D eigenvalue weighted by atomic mass is 32.2. The molecule has 4 nitrogen and oxygen atoms in total. The van der Waals surface area contributed by atoms with E-state index in [1.54, 1.807) is 11.8 Å². The molecule has 0 aliphatic rings. The van der Waals surface area contributed by atoms with Crippen molar-refractivity contribution < 1.29 is 4.79 Å². The third-order valence-electron chi connectivity index (χ3n) is 2.61. The Morgan fingerprint density at radius 1 is 1.44 bits per heavy atom. The van der Waals surface area contributed by atoms with Crippen molar-refractivity contribution in [2.75, 3.05) is 36.3 Å². The van der Waals surface area contributed by atoms with Crippen LogP contribution in [-0.2, 0) is 4.79 Å². The maximum absolute atomic E-state index is 11.9. The molecule has 0 radical (unpaired) electrons. The summed E-state index contributed by atoms with van der Waals surface area (Å²) in [6.07, 6.45) is 2.70. The van der Waals surface area contributed by atoms with Gasteiger partial charge in [-0.3, -0.25) is 4.79 Å². The van der Waals surface area contributed by atoms with E-state index in [0.717, 1.165) is 17.1 Å². The predicted octanol–water partition coefficient (Wildman–Crippen LogP) is 1.77. The first kappa shape index (κ1) is 14.9. The van der Waals surface area contributed by atoms with Crippen LogP contribution in [0.5, 0.6) is 0 Å². The Bertz CT molecular complexity index is 396. The van der Waals surface area contributed by atoms with E-state index in [-0.39, 0.29) is 5.91 Å². The molecule has 0 bridgehead atoms. The average molecular weight is 267 g/mol. The number of amides is 1. The van der Waals surface area contributed by atoms with Gasteiger partial charge in [-0.05, 0) is 30.6 Å². The molecule has 0 unspecified atom stereocenters. The minimum Gasteiger partial charge on any atom is -0.376 e. The molecule has 0 aromatic heterocycles. The Morgan fingerprint density at radius 3 is 2.72 bits per heavy atom. The summed E-state index contributed by atoms with van der Waals surface area (Å²) in [5, 5.41) is 2.89. The third-order valence-corrected chi connectivity index (χ3v) is 3.26. The van der Waals surface area contributed by atoms with Crippen LogP contribution in [0, 0.1) is 0 Å². The third kappa shape index (κ3) is 4.23. The molecule has 0 fully saturated rings. The second-order valence-electron chi connectivity index (χ2n) is 4.29. The summed E-state index contributed by atoms with van der Waals surface area (Å²) in [6.45, 7) is 0. The van der Waals surface area contributed by atoms with Gasteiger partial charge in [0.25, 0.3) is 0 Å². The van der Waals surface area contributed by atoms with Crippen LogP contribution in [0.4, 0.5) is 11.4 Å². The molecular weight excluding hydrogens is 246 g/mol. The van der Waals surface area contributed by atoms with Gasteiger partial charge in [0, 0.05) is 14.1 Å². The molecule has 1 atom stereocenters. The monoisotopic (exact) mass is 267 g/mol. The van der Waals surface area contributed by atoms with Crippen LogP contribution < -0.4 is 16.0 Å². The van der Waals surface area contributed by atoms with Crippen LogP contribution in [0.25, 0.3) is 0 Å². The Hall–Kier alpha value is -1.20. The maximum atomic E-state index is 11.9. The molecule has 1 amide bonds. The van der Waals surface area contributed by atoms with Crippen LogP contribution in [0.2, 0.25) is 0 Å². The largest absolute Gasteiger partial charge is 0.376 e. The summed E-state index contributed by atoms with van der Waals surface area (Å²) < 4.78 is 0. The first-order valence-corrected chi connectivity index (χ1v) is 7.27. The van der Waals surface area contributed by atoms with Crippen molar-refractivity contribution in [3.8, 4) is 0 Å². The molecule has 0 aliphatic heterocycles. The number of thioether (sulfide) groups is 1. The number of carbonyl (C=O) groups excluding carboxylic acids is 1. The van der Waals surface area contributed by atoms with Crippen LogP contribution >= 0.6 is 11.8 Å². The summed E-state index contributed by atoms with van der Waals surface area (Å²) in [4.78, 5) is 13.9. The number of nitrogens with zero attached hydrogens (tertiary/aromatic N) is 1. The lowest BCUT2D eigenvalue weighted by molar-refractivity contribution is -0.117. The molecule has 3 N–H and O–H groups in total. The highest BCUT2D eigenvalue weighted by Gasteiger charge is 2.14. The lowest BCUT2D eigenvalue weighted by Gasteiger charge is -2.19. The molecule has 0 aliphatic carbocycles. The molecule has 5 heteroatoms. The Balaban J connectivity index is 2.69. The van der Waals surface area contributed by atoms with Gasteiger partial charge in [0.15, 0.2) is 0 Å². The van der Waals surface area contributed by atoms with Crippen molar-refractivity contribution in [1.82, 2.24) is 0 Å². The number of rotatable bonds is 6. The summed E-state index contributed by atoms with van der Waals surface area (Å²) in [5.41, 5.74) is 7.61. The number of nitrogens with one attached hydrogen (secondary N) is 1. The van der Waals surface area contributed by atoms with Gasteiger partial charge in [-0.25, -0.2) is 0 Å². The first-order chi connectivity index (χ1) is 8.56. The minimum absolute atomic E-state index is 0.127. The van der Waals surface area contributed by atoms with Gasteiger partial charge in [-0.1, -0.05) is 12.1 Å². The van der Waals surface area contributed by atoms with E-state index in [0.29, 0.717) is 6.42 Å². The lowest BCUT2D eigenvalue weighted by Crippen LogP contribution is -2.36. The smallest absolute Gasteiger partial charge is 0.241 e. The molecule has 1 aromatic rings. The highest BCUT2D eigenvalue weighted by molar-refractivity contribution is 7.98. The van der Waals surface area contributed by atoms with Gasteiger partial charge >= 0.3 is 0 Å². The van der Waals surface area contributed by atoms with E-state index < -0.39 is 6.04 Å². The Kier molecular flexibility index (Phi) is 6.01. The number of hydrogen-bond acceptors (Lipinski definition) is 4. The quantitative estimate of drug-likeness (QED) is 0.825. The Labute approximate surface area is 113 Å². The zero-order chi connectivity index (χ0) is 13.5. The minimum atomic E-state index is -0.451. The number of benzene rings is 1. The van der Waals surface area contributed by atoms with Gasteiger partial charge in [0.1, 0.15) is 0 Å². The highest BCUT2D eigenvalue weighted by Crippen LogP contribution is 2.23. The zero-order valence-corrected chi connectivity index (χ0v) is 12.0. The average Bonchev–Trinajstić information content (AvgIpc) is 2.36. The molecule has 1 aromatic carbocycles. The number of anilines is 2. The van der Waals surface area contributed by atoms with Gasteiger partial charge in [0.2, 0.25) is 5.91 Å². The molecule has 100 valence electrons. The van der Waals surface area contributed by atoms with Gasteiger partial charge in [0.05, 0.1) is 17.4 Å². The van der Waals surface area contributed by atoms with Gasteiger partial charge in [-0.2, -0.15) is 11.8 Å². The van der Waals surface area contributed by atoms with Crippen molar-refractivity contribution >= 4 is 29.0 Å². The van der Waals surface area contributed by atoms with Crippen LogP contribution in [0.3, 0.4) is 0 Å². The van der Waals surface area contributed by atoms with Gasteiger partial charge in [-0.15, -0.1) is 0 Å². The fourth-order valence-electron chi connectivity index (χ4n) is 1.57.